The summed E-state index contributed by atoms with van der Waals surface area (Å²) in [5.41, 5.74) is 2.42. The van der Waals surface area contributed by atoms with Crippen LogP contribution in [0.1, 0.15) is 18.4 Å². The zero-order valence-corrected chi connectivity index (χ0v) is 13.2. The van der Waals surface area contributed by atoms with Crippen molar-refractivity contribution in [3.05, 3.63) is 28.6 Å². The van der Waals surface area contributed by atoms with Crippen LogP contribution in [0.15, 0.2) is 23.6 Å². The van der Waals surface area contributed by atoms with E-state index in [-0.39, 0.29) is 12.5 Å². The van der Waals surface area contributed by atoms with Crippen LogP contribution in [0, 0.1) is 18.3 Å². The molecule has 1 atom stereocenters. The van der Waals surface area contributed by atoms with Crippen LogP contribution in [0.2, 0.25) is 0 Å². The van der Waals surface area contributed by atoms with Crippen LogP contribution in [0.3, 0.4) is 0 Å². The third-order valence-corrected chi connectivity index (χ3v) is 4.35. The van der Waals surface area contributed by atoms with Gasteiger partial charge in [-0.25, -0.2) is 4.98 Å². The minimum Gasteiger partial charge on any atom is -0.478 e. The van der Waals surface area contributed by atoms with Gasteiger partial charge in [-0.3, -0.25) is 9.69 Å². The summed E-state index contributed by atoms with van der Waals surface area (Å²) in [4.78, 5) is 18.4. The highest BCUT2D eigenvalue weighted by molar-refractivity contribution is 7.09. The summed E-state index contributed by atoms with van der Waals surface area (Å²) in [6.07, 6.45) is 0.0565. The summed E-state index contributed by atoms with van der Waals surface area (Å²) >= 11 is 1.58. The van der Waals surface area contributed by atoms with Crippen LogP contribution in [0.5, 0.6) is 5.75 Å². The van der Waals surface area contributed by atoms with E-state index >= 15 is 0 Å². The lowest BCUT2D eigenvalue weighted by atomic mass is 10.1. The van der Waals surface area contributed by atoms with Gasteiger partial charge in [0.05, 0.1) is 22.5 Å². The number of nitriles is 1. The third-order valence-electron chi connectivity index (χ3n) is 3.57. The first-order chi connectivity index (χ1) is 10.6. The van der Waals surface area contributed by atoms with Gasteiger partial charge in [0.15, 0.2) is 6.10 Å². The average Bonchev–Trinajstić information content (AvgIpc) is 2.96. The fourth-order valence-corrected chi connectivity index (χ4v) is 3.09. The molecule has 1 aromatic heterocycles. The molecule has 0 N–H and O–H groups in total. The van der Waals surface area contributed by atoms with E-state index in [0.717, 1.165) is 16.3 Å². The number of anilines is 1. The first kappa shape index (κ1) is 14.5. The first-order valence-corrected chi connectivity index (χ1v) is 7.93. The zero-order chi connectivity index (χ0) is 15.7. The minimum atomic E-state index is -0.520. The van der Waals surface area contributed by atoms with Crippen LogP contribution in [0.25, 0.3) is 11.3 Å². The number of rotatable bonds is 3. The Hall–Kier alpha value is -2.39. The molecule has 1 amide bonds. The number of nitrogens with zero attached hydrogens (tertiary/aromatic N) is 3. The molecule has 0 radical (unpaired) electrons. The van der Waals surface area contributed by atoms with Gasteiger partial charge in [0, 0.05) is 10.9 Å². The van der Waals surface area contributed by atoms with Gasteiger partial charge in [-0.15, -0.1) is 11.3 Å². The van der Waals surface area contributed by atoms with E-state index in [1.165, 1.54) is 4.90 Å². The molecular formula is C16H15N3O2S. The monoisotopic (exact) mass is 313 g/mol. The van der Waals surface area contributed by atoms with Gasteiger partial charge >= 0.3 is 0 Å². The Bertz CT molecular complexity index is 763. The molecule has 2 heterocycles. The van der Waals surface area contributed by atoms with Gasteiger partial charge in [0.25, 0.3) is 5.91 Å². The van der Waals surface area contributed by atoms with Gasteiger partial charge in [-0.05, 0) is 31.5 Å². The lowest BCUT2D eigenvalue weighted by molar-refractivity contribution is -0.126. The number of aryl methyl sites for hydroxylation is 1. The molecule has 1 aromatic carbocycles. The van der Waals surface area contributed by atoms with E-state index in [2.05, 4.69) is 11.1 Å². The van der Waals surface area contributed by atoms with E-state index in [1.54, 1.807) is 11.3 Å². The summed E-state index contributed by atoms with van der Waals surface area (Å²) in [6, 6.07) is 7.70. The second-order valence-electron chi connectivity index (χ2n) is 5.03. The van der Waals surface area contributed by atoms with Crippen molar-refractivity contribution in [3.8, 4) is 23.1 Å². The molecule has 1 unspecified atom stereocenters. The minimum absolute atomic E-state index is 0.0191. The highest BCUT2D eigenvalue weighted by Gasteiger charge is 2.33. The van der Waals surface area contributed by atoms with Crippen LogP contribution in [-0.2, 0) is 4.79 Å². The summed E-state index contributed by atoms with van der Waals surface area (Å²) in [7, 11) is 0. The van der Waals surface area contributed by atoms with Crippen molar-refractivity contribution < 1.29 is 9.53 Å². The molecule has 5 nitrogen and oxygen atoms in total. The van der Waals surface area contributed by atoms with Crippen LogP contribution < -0.4 is 9.64 Å². The lowest BCUT2D eigenvalue weighted by Crippen LogP contribution is -2.45. The summed E-state index contributed by atoms with van der Waals surface area (Å²) in [5.74, 6) is 0.473. The smallest absolute Gasteiger partial charge is 0.269 e. The van der Waals surface area contributed by atoms with Crippen LogP contribution >= 0.6 is 11.3 Å². The highest BCUT2D eigenvalue weighted by Crippen LogP contribution is 2.38. The largest absolute Gasteiger partial charge is 0.478 e. The predicted molar refractivity (Wildman–Crippen MR) is 85.0 cm³/mol. The van der Waals surface area contributed by atoms with Gasteiger partial charge in [-0.2, -0.15) is 5.26 Å². The number of hydrogen-bond donors (Lipinski definition) is 0. The molecule has 6 heteroatoms. The maximum atomic E-state index is 12.4. The Morgan fingerprint density at radius 2 is 2.32 bits per heavy atom. The first-order valence-electron chi connectivity index (χ1n) is 7.05. The molecular weight excluding hydrogens is 298 g/mol. The fraction of sp³-hybridized carbons (Fsp3) is 0.312. The number of ether oxygens (including phenoxy) is 1. The van der Waals surface area contributed by atoms with E-state index in [4.69, 9.17) is 10.00 Å². The van der Waals surface area contributed by atoms with Gasteiger partial charge in [0.2, 0.25) is 0 Å². The Balaban J connectivity index is 2.06. The number of aromatic nitrogens is 1. The summed E-state index contributed by atoms with van der Waals surface area (Å²) < 4.78 is 5.75. The SMILES string of the molecule is CCC1Oc2ccc(-c3csc(C)n3)cc2N(CC#N)C1=O. The molecule has 0 bridgehead atoms. The molecule has 0 aliphatic carbocycles. The Labute approximate surface area is 132 Å². The number of thiazole rings is 1. The topological polar surface area (TPSA) is 66.2 Å². The summed E-state index contributed by atoms with van der Waals surface area (Å²) in [5, 5.41) is 12.0. The normalized spacial score (nSPS) is 16.9. The third kappa shape index (κ3) is 2.44. The molecule has 0 saturated heterocycles. The van der Waals surface area contributed by atoms with E-state index in [0.29, 0.717) is 17.9 Å². The average molecular weight is 313 g/mol. The van der Waals surface area contributed by atoms with Crippen molar-refractivity contribution in [2.24, 2.45) is 0 Å². The van der Waals surface area contributed by atoms with Gasteiger partial charge < -0.3 is 4.74 Å². The van der Waals surface area contributed by atoms with Crippen molar-refractivity contribution in [3.63, 3.8) is 0 Å². The van der Waals surface area contributed by atoms with Crippen molar-refractivity contribution in [2.45, 2.75) is 26.4 Å². The molecule has 0 saturated carbocycles. The number of fused-ring (bicyclic) bond motifs is 1. The number of amides is 1. The molecule has 0 spiro atoms. The Kier molecular flexibility index (Phi) is 3.82. The van der Waals surface area contributed by atoms with Crippen molar-refractivity contribution in [2.75, 3.05) is 11.4 Å². The highest BCUT2D eigenvalue weighted by atomic mass is 32.1. The number of carbonyl (C=O) groups excluding carboxylic acids is 1. The predicted octanol–water partition coefficient (Wildman–Crippen LogP) is 3.15. The second-order valence-corrected chi connectivity index (χ2v) is 6.09. The zero-order valence-electron chi connectivity index (χ0n) is 12.4. The van der Waals surface area contributed by atoms with Gasteiger partial charge in [0.1, 0.15) is 12.3 Å². The fourth-order valence-electron chi connectivity index (χ4n) is 2.47. The molecule has 2 aromatic rings. The van der Waals surface area contributed by atoms with Crippen LogP contribution in [0.4, 0.5) is 5.69 Å². The maximum absolute atomic E-state index is 12.4. The van der Waals surface area contributed by atoms with Crippen molar-refractivity contribution >= 4 is 22.9 Å². The summed E-state index contributed by atoms with van der Waals surface area (Å²) in [6.45, 7) is 3.86. The molecule has 22 heavy (non-hydrogen) atoms. The second kappa shape index (κ2) is 5.78. The van der Waals surface area contributed by atoms with E-state index in [9.17, 15) is 4.79 Å². The maximum Gasteiger partial charge on any atom is 0.269 e. The van der Waals surface area contributed by atoms with Crippen molar-refractivity contribution in [1.82, 2.24) is 4.98 Å². The Morgan fingerprint density at radius 3 is 2.95 bits per heavy atom. The standard InChI is InChI=1S/C16H15N3O2S/c1-3-14-16(20)19(7-6-17)13-8-11(4-5-15(13)21-14)12-9-22-10(2)18-12/h4-5,8-9,14H,3,7H2,1-2H3. The molecule has 1 aliphatic rings. The number of benzene rings is 1. The number of carbonyl (C=O) groups is 1. The molecule has 0 fully saturated rings. The number of hydrogen-bond acceptors (Lipinski definition) is 5. The van der Waals surface area contributed by atoms with E-state index < -0.39 is 6.10 Å². The van der Waals surface area contributed by atoms with E-state index in [1.807, 2.05) is 37.4 Å². The lowest BCUT2D eigenvalue weighted by Gasteiger charge is -2.32. The van der Waals surface area contributed by atoms with Crippen LogP contribution in [-0.4, -0.2) is 23.5 Å². The molecule has 3 rings (SSSR count). The molecule has 1 aliphatic heterocycles. The van der Waals surface area contributed by atoms with Gasteiger partial charge in [-0.1, -0.05) is 6.92 Å². The van der Waals surface area contributed by atoms with Crippen molar-refractivity contribution in [1.29, 1.82) is 5.26 Å². The molecule has 112 valence electrons. The quantitative estimate of drug-likeness (QED) is 0.816. The Morgan fingerprint density at radius 1 is 1.50 bits per heavy atom.